The number of benzene rings is 1. The van der Waals surface area contributed by atoms with Crippen molar-refractivity contribution in [3.63, 3.8) is 0 Å². The quantitative estimate of drug-likeness (QED) is 0.0754. The van der Waals surface area contributed by atoms with Crippen LogP contribution < -0.4 is 0 Å². The van der Waals surface area contributed by atoms with Crippen molar-refractivity contribution in [3.8, 4) is 22.5 Å². The third-order valence-corrected chi connectivity index (χ3v) is 8.67. The number of thioether (sulfide) groups is 1. The maximum atomic E-state index is 13.8. The Balaban J connectivity index is 1.38. The first-order valence-corrected chi connectivity index (χ1v) is 15.1. The highest BCUT2D eigenvalue weighted by Crippen LogP contribution is 2.38. The molecule has 20 heteroatoms. The van der Waals surface area contributed by atoms with Crippen LogP contribution in [0.15, 0.2) is 43.2 Å². The lowest BCUT2D eigenvalue weighted by atomic mass is 9.97. The van der Waals surface area contributed by atoms with Crippen LogP contribution in [0, 0.1) is 17.5 Å². The van der Waals surface area contributed by atoms with Gasteiger partial charge in [0.05, 0.1) is 38.3 Å². The molecule has 5 unspecified atom stereocenters. The Bertz CT molecular complexity index is 1600. The van der Waals surface area contributed by atoms with E-state index >= 15 is 0 Å². The van der Waals surface area contributed by atoms with Crippen LogP contribution >= 0.6 is 11.8 Å². The second-order valence-corrected chi connectivity index (χ2v) is 11.9. The lowest BCUT2D eigenvalue weighted by molar-refractivity contribution is -0.180. The molecule has 4 aromatic rings. The molecule has 1 saturated heterocycles. The summed E-state index contributed by atoms with van der Waals surface area (Å²) in [6.45, 7) is -0.336. The minimum atomic E-state index is -1.65. The number of halogens is 3. The number of hydrogen-bond acceptors (Lipinski definition) is 15. The zero-order valence-electron chi connectivity index (χ0n) is 24.5. The molecule has 47 heavy (non-hydrogen) atoms. The standard InChI is InChI=1S/C27H31F3N8O8S/c1-12(41)20(9-39)45-26(19(42)8-37-6-17(33-35-37)13-2-15(28)22(30)16(29)3-13)47-27-25(44)23(24(43)21(10-40)46-27)38-7-18(34-36-38)14-4-31-11-32-5-14/h2-7,11-12,19-21,23-27,39-44H,8-10H2,1H3/t12-,19+,20?,21-,23?,24?,25?,26?,27+/m1/s1. The van der Waals surface area contributed by atoms with Gasteiger partial charge in [0.1, 0.15) is 65.1 Å². The van der Waals surface area contributed by atoms with Crippen LogP contribution in [-0.4, -0.2) is 131 Å². The van der Waals surface area contributed by atoms with E-state index in [4.69, 9.17) is 9.47 Å². The van der Waals surface area contributed by atoms with Crippen molar-refractivity contribution < 1.29 is 53.3 Å². The number of aliphatic hydroxyl groups excluding tert-OH is 6. The summed E-state index contributed by atoms with van der Waals surface area (Å²) in [7, 11) is 0. The number of aromatic nitrogens is 8. The number of hydrogen-bond donors (Lipinski definition) is 6. The van der Waals surface area contributed by atoms with Crippen molar-refractivity contribution in [1.29, 1.82) is 0 Å². The van der Waals surface area contributed by atoms with Gasteiger partial charge in [0.15, 0.2) is 17.5 Å². The molecule has 0 radical (unpaired) electrons. The number of ether oxygens (including phenoxy) is 2. The van der Waals surface area contributed by atoms with Crippen LogP contribution in [0.4, 0.5) is 13.2 Å². The van der Waals surface area contributed by atoms with Crippen LogP contribution in [0.2, 0.25) is 0 Å². The van der Waals surface area contributed by atoms with Crippen molar-refractivity contribution in [1.82, 2.24) is 40.0 Å². The zero-order valence-corrected chi connectivity index (χ0v) is 25.3. The molecule has 5 rings (SSSR count). The summed E-state index contributed by atoms with van der Waals surface area (Å²) in [4.78, 5) is 7.86. The number of rotatable bonds is 13. The molecule has 1 aromatic carbocycles. The van der Waals surface area contributed by atoms with Crippen molar-refractivity contribution in [3.05, 3.63) is 60.7 Å². The van der Waals surface area contributed by atoms with E-state index in [-0.39, 0.29) is 17.8 Å². The smallest absolute Gasteiger partial charge is 0.194 e. The van der Waals surface area contributed by atoms with Gasteiger partial charge in [0.2, 0.25) is 0 Å². The van der Waals surface area contributed by atoms with Gasteiger partial charge in [-0.15, -0.1) is 10.2 Å². The minimum Gasteiger partial charge on any atom is -0.394 e. The Morgan fingerprint density at radius 3 is 2.26 bits per heavy atom. The fourth-order valence-corrected chi connectivity index (χ4v) is 6.07. The molecule has 0 spiro atoms. The molecule has 0 bridgehead atoms. The second kappa shape index (κ2) is 15.1. The highest BCUT2D eigenvalue weighted by molar-refractivity contribution is 8.00. The molecule has 0 amide bonds. The highest BCUT2D eigenvalue weighted by Gasteiger charge is 2.48. The lowest BCUT2D eigenvalue weighted by Gasteiger charge is -2.43. The van der Waals surface area contributed by atoms with Crippen LogP contribution in [0.25, 0.3) is 22.5 Å². The van der Waals surface area contributed by atoms with E-state index in [1.54, 1.807) is 0 Å². The molecule has 0 saturated carbocycles. The Labute approximate surface area is 268 Å². The van der Waals surface area contributed by atoms with E-state index < -0.39 is 84.2 Å². The Kier molecular flexibility index (Phi) is 11.1. The average Bonchev–Trinajstić information content (AvgIpc) is 3.73. The molecule has 9 atom stereocenters. The molecule has 0 aliphatic carbocycles. The first kappa shape index (κ1) is 34.7. The second-order valence-electron chi connectivity index (χ2n) is 10.7. The Hall–Kier alpha value is -3.60. The zero-order chi connectivity index (χ0) is 33.8. The molecule has 3 aromatic heterocycles. The summed E-state index contributed by atoms with van der Waals surface area (Å²) in [5, 5.41) is 79.3. The predicted molar refractivity (Wildman–Crippen MR) is 154 cm³/mol. The average molecular weight is 685 g/mol. The van der Waals surface area contributed by atoms with Gasteiger partial charge in [0, 0.05) is 23.5 Å². The first-order valence-electron chi connectivity index (χ1n) is 14.1. The van der Waals surface area contributed by atoms with Crippen molar-refractivity contribution in [2.75, 3.05) is 13.2 Å². The minimum absolute atomic E-state index is 0.0414. The van der Waals surface area contributed by atoms with E-state index in [0.29, 0.717) is 11.3 Å². The molecular weight excluding hydrogens is 653 g/mol. The molecule has 16 nitrogen and oxygen atoms in total. The maximum Gasteiger partial charge on any atom is 0.194 e. The van der Waals surface area contributed by atoms with Gasteiger partial charge in [-0.2, -0.15) is 0 Å². The highest BCUT2D eigenvalue weighted by atomic mass is 32.2. The molecule has 1 aliphatic heterocycles. The fourth-order valence-electron chi connectivity index (χ4n) is 4.81. The summed E-state index contributed by atoms with van der Waals surface area (Å²) in [6, 6.07) is 0.256. The van der Waals surface area contributed by atoms with Gasteiger partial charge >= 0.3 is 0 Å². The summed E-state index contributed by atoms with van der Waals surface area (Å²) in [5.74, 6) is -4.51. The molecule has 1 fully saturated rings. The largest absolute Gasteiger partial charge is 0.394 e. The summed E-state index contributed by atoms with van der Waals surface area (Å²) in [6.07, 6.45) is -1.19. The third kappa shape index (κ3) is 7.77. The Morgan fingerprint density at radius 1 is 0.957 bits per heavy atom. The van der Waals surface area contributed by atoms with Gasteiger partial charge in [-0.25, -0.2) is 32.5 Å². The summed E-state index contributed by atoms with van der Waals surface area (Å²) >= 11 is 0.721. The van der Waals surface area contributed by atoms with E-state index in [9.17, 15) is 43.8 Å². The van der Waals surface area contributed by atoms with E-state index in [0.717, 1.165) is 28.6 Å². The molecule has 254 valence electrons. The van der Waals surface area contributed by atoms with E-state index in [1.165, 1.54) is 42.7 Å². The predicted octanol–water partition coefficient (Wildman–Crippen LogP) is -0.730. The first-order chi connectivity index (χ1) is 22.5. The normalized spacial score (nSPS) is 24.2. The molecule has 6 N–H and O–H groups in total. The van der Waals surface area contributed by atoms with Crippen LogP contribution in [0.1, 0.15) is 13.0 Å². The summed E-state index contributed by atoms with van der Waals surface area (Å²) < 4.78 is 54.9. The van der Waals surface area contributed by atoms with Gasteiger partial charge in [-0.05, 0) is 19.1 Å². The SMILES string of the molecule is C[C@@H](O)C(CO)OC(S[C@@H]1O[C@H](CO)C(O)C(n2cc(-c3cncnc3)nn2)C1O)[C@@H](O)Cn1cc(-c2cc(F)c(F)c(F)c2)nn1. The fraction of sp³-hybridized carbons (Fsp3) is 0.481. The van der Waals surface area contributed by atoms with Gasteiger partial charge in [-0.1, -0.05) is 22.2 Å². The summed E-state index contributed by atoms with van der Waals surface area (Å²) in [5.41, 5.74) is -1.97. The van der Waals surface area contributed by atoms with Crippen molar-refractivity contribution >= 4 is 11.8 Å². The van der Waals surface area contributed by atoms with Crippen LogP contribution in [-0.2, 0) is 16.0 Å². The van der Waals surface area contributed by atoms with Crippen molar-refractivity contribution in [2.45, 2.75) is 67.0 Å². The molecule has 4 heterocycles. The number of nitrogens with zero attached hydrogens (tertiary/aromatic N) is 8. The number of aliphatic hydroxyl groups is 6. The maximum absolute atomic E-state index is 13.8. The van der Waals surface area contributed by atoms with E-state index in [1.807, 2.05) is 0 Å². The third-order valence-electron chi connectivity index (χ3n) is 7.32. The van der Waals surface area contributed by atoms with Crippen molar-refractivity contribution in [2.24, 2.45) is 0 Å². The van der Waals surface area contributed by atoms with Gasteiger partial charge in [-0.3, -0.25) is 0 Å². The monoisotopic (exact) mass is 684 g/mol. The van der Waals surface area contributed by atoms with E-state index in [2.05, 4.69) is 30.6 Å². The van der Waals surface area contributed by atoms with Crippen LogP contribution in [0.5, 0.6) is 0 Å². The lowest BCUT2D eigenvalue weighted by Crippen LogP contribution is -2.56. The topological polar surface area (TPSA) is 227 Å². The molecule has 1 aliphatic rings. The van der Waals surface area contributed by atoms with Crippen LogP contribution in [0.3, 0.4) is 0 Å². The Morgan fingerprint density at radius 2 is 1.62 bits per heavy atom. The molecular formula is C27H31F3N8O8S. The van der Waals surface area contributed by atoms with Gasteiger partial charge < -0.3 is 40.1 Å². The van der Waals surface area contributed by atoms with Gasteiger partial charge in [0.25, 0.3) is 0 Å².